The molecule has 0 unspecified atom stereocenters. The minimum atomic E-state index is 0.308. The van der Waals surface area contributed by atoms with Crippen LogP contribution in [0, 0.1) is 0 Å². The molecule has 0 aliphatic carbocycles. The summed E-state index contributed by atoms with van der Waals surface area (Å²) < 4.78 is 7.74. The maximum absolute atomic E-state index is 5.78. The molecule has 3 heterocycles. The Bertz CT molecular complexity index is 447. The summed E-state index contributed by atoms with van der Waals surface area (Å²) in [6, 6.07) is 5.89. The van der Waals surface area contributed by atoms with E-state index in [0.717, 1.165) is 24.6 Å². The number of pyridine rings is 1. The first-order valence-corrected chi connectivity index (χ1v) is 4.73. The van der Waals surface area contributed by atoms with Crippen molar-refractivity contribution in [3.63, 3.8) is 0 Å². The van der Waals surface area contributed by atoms with Crippen molar-refractivity contribution in [2.45, 2.75) is 6.10 Å². The van der Waals surface area contributed by atoms with Gasteiger partial charge in [0, 0.05) is 25.5 Å². The number of hydrogen-bond donors (Lipinski definition) is 1. The van der Waals surface area contributed by atoms with Gasteiger partial charge in [0.2, 0.25) is 0 Å². The second kappa shape index (κ2) is 2.99. The van der Waals surface area contributed by atoms with Crippen LogP contribution in [0.2, 0.25) is 0 Å². The lowest BCUT2D eigenvalue weighted by Gasteiger charge is -2.27. The topological polar surface area (TPSA) is 38.6 Å². The third-order valence-electron chi connectivity index (χ3n) is 2.42. The number of fused-ring (bicyclic) bond motifs is 1. The molecular weight excluding hydrogens is 178 g/mol. The summed E-state index contributed by atoms with van der Waals surface area (Å²) in [5.41, 5.74) is 0.926. The van der Waals surface area contributed by atoms with Crippen molar-refractivity contribution in [2.75, 3.05) is 13.1 Å². The number of nitrogens with zero attached hydrogens (tertiary/aromatic N) is 2. The zero-order valence-corrected chi connectivity index (χ0v) is 7.68. The van der Waals surface area contributed by atoms with Crippen LogP contribution < -0.4 is 10.1 Å². The molecule has 0 spiro atoms. The molecule has 0 atom stereocenters. The Balaban J connectivity index is 1.97. The molecule has 4 heteroatoms. The summed E-state index contributed by atoms with van der Waals surface area (Å²) in [4.78, 5) is 4.20. The number of aromatic nitrogens is 2. The normalized spacial score (nSPS) is 16.9. The van der Waals surface area contributed by atoms with Gasteiger partial charge >= 0.3 is 0 Å². The average Bonchev–Trinajstić information content (AvgIpc) is 2.59. The summed E-state index contributed by atoms with van der Waals surface area (Å²) >= 11 is 0. The number of imidazole rings is 1. The van der Waals surface area contributed by atoms with E-state index in [-0.39, 0.29) is 0 Å². The highest BCUT2D eigenvalue weighted by Gasteiger charge is 2.19. The van der Waals surface area contributed by atoms with E-state index >= 15 is 0 Å². The van der Waals surface area contributed by atoms with Crippen molar-refractivity contribution in [1.82, 2.24) is 14.7 Å². The molecule has 0 radical (unpaired) electrons. The van der Waals surface area contributed by atoms with Crippen molar-refractivity contribution in [3.05, 3.63) is 30.6 Å². The van der Waals surface area contributed by atoms with Crippen molar-refractivity contribution < 1.29 is 4.74 Å². The van der Waals surface area contributed by atoms with E-state index in [4.69, 9.17) is 4.74 Å². The second-order valence-corrected chi connectivity index (χ2v) is 3.42. The lowest BCUT2D eigenvalue weighted by Crippen LogP contribution is -2.50. The Morgan fingerprint density at radius 2 is 2.36 bits per heavy atom. The summed E-state index contributed by atoms with van der Waals surface area (Å²) in [5.74, 6) is 0.867. The first kappa shape index (κ1) is 7.82. The van der Waals surface area contributed by atoms with Gasteiger partial charge in [0.05, 0.1) is 0 Å². The van der Waals surface area contributed by atoms with Crippen LogP contribution in [-0.4, -0.2) is 28.6 Å². The Morgan fingerprint density at radius 1 is 1.43 bits per heavy atom. The lowest BCUT2D eigenvalue weighted by molar-refractivity contribution is 0.134. The van der Waals surface area contributed by atoms with Crippen LogP contribution in [0.3, 0.4) is 0 Å². The van der Waals surface area contributed by atoms with Crippen LogP contribution >= 0.6 is 0 Å². The third kappa shape index (κ3) is 1.15. The molecule has 72 valence electrons. The monoisotopic (exact) mass is 189 g/mol. The smallest absolute Gasteiger partial charge is 0.199 e. The minimum Gasteiger partial charge on any atom is -0.473 e. The van der Waals surface area contributed by atoms with E-state index < -0.39 is 0 Å². The van der Waals surface area contributed by atoms with Crippen LogP contribution in [0.25, 0.3) is 5.65 Å². The van der Waals surface area contributed by atoms with Crippen molar-refractivity contribution in [3.8, 4) is 5.88 Å². The lowest BCUT2D eigenvalue weighted by atomic mass is 10.2. The molecule has 0 aromatic carbocycles. The molecule has 1 fully saturated rings. The standard InChI is InChI=1S/C10H11N3O/c1-2-9-12-4-5-13(9)10(3-1)14-8-6-11-7-8/h1-5,8,11H,6-7H2. The summed E-state index contributed by atoms with van der Waals surface area (Å²) in [7, 11) is 0. The van der Waals surface area contributed by atoms with Crippen molar-refractivity contribution in [2.24, 2.45) is 0 Å². The number of ether oxygens (including phenoxy) is 1. The fraction of sp³-hybridized carbons (Fsp3) is 0.300. The van der Waals surface area contributed by atoms with Gasteiger partial charge in [-0.2, -0.15) is 0 Å². The zero-order chi connectivity index (χ0) is 9.38. The highest BCUT2D eigenvalue weighted by Crippen LogP contribution is 2.15. The first-order chi connectivity index (χ1) is 6.93. The van der Waals surface area contributed by atoms with Gasteiger partial charge in [-0.1, -0.05) is 6.07 Å². The molecular formula is C10H11N3O. The SMILES string of the molecule is c1cc(OC2CNC2)n2ccnc2c1. The van der Waals surface area contributed by atoms with E-state index in [0.29, 0.717) is 6.10 Å². The highest BCUT2D eigenvalue weighted by atomic mass is 16.5. The maximum atomic E-state index is 5.78. The summed E-state index contributed by atoms with van der Waals surface area (Å²) in [6.07, 6.45) is 4.00. The fourth-order valence-electron chi connectivity index (χ4n) is 1.53. The average molecular weight is 189 g/mol. The van der Waals surface area contributed by atoms with Crippen molar-refractivity contribution >= 4 is 5.65 Å². The van der Waals surface area contributed by atoms with Gasteiger partial charge in [0.15, 0.2) is 5.88 Å². The zero-order valence-electron chi connectivity index (χ0n) is 7.68. The van der Waals surface area contributed by atoms with Gasteiger partial charge in [0.1, 0.15) is 11.8 Å². The van der Waals surface area contributed by atoms with Gasteiger partial charge < -0.3 is 10.1 Å². The molecule has 1 aliphatic heterocycles. The second-order valence-electron chi connectivity index (χ2n) is 3.42. The van der Waals surface area contributed by atoms with Crippen LogP contribution in [-0.2, 0) is 0 Å². The Morgan fingerprint density at radius 3 is 3.14 bits per heavy atom. The van der Waals surface area contributed by atoms with Crippen LogP contribution in [0.15, 0.2) is 30.6 Å². The van der Waals surface area contributed by atoms with E-state index in [1.807, 2.05) is 28.8 Å². The maximum Gasteiger partial charge on any atom is 0.199 e. The van der Waals surface area contributed by atoms with Crippen LogP contribution in [0.1, 0.15) is 0 Å². The molecule has 14 heavy (non-hydrogen) atoms. The van der Waals surface area contributed by atoms with Gasteiger partial charge in [-0.25, -0.2) is 4.98 Å². The van der Waals surface area contributed by atoms with Crippen LogP contribution in [0.4, 0.5) is 0 Å². The molecule has 3 rings (SSSR count). The van der Waals surface area contributed by atoms with Crippen LogP contribution in [0.5, 0.6) is 5.88 Å². The summed E-state index contributed by atoms with van der Waals surface area (Å²) in [5, 5.41) is 3.17. The molecule has 1 aliphatic rings. The number of nitrogens with one attached hydrogen (secondary N) is 1. The molecule has 4 nitrogen and oxygen atoms in total. The van der Waals surface area contributed by atoms with Gasteiger partial charge in [-0.15, -0.1) is 0 Å². The summed E-state index contributed by atoms with van der Waals surface area (Å²) in [6.45, 7) is 1.87. The minimum absolute atomic E-state index is 0.308. The van der Waals surface area contributed by atoms with E-state index in [2.05, 4.69) is 10.3 Å². The molecule has 2 aromatic heterocycles. The quantitative estimate of drug-likeness (QED) is 0.755. The van der Waals surface area contributed by atoms with Crippen molar-refractivity contribution in [1.29, 1.82) is 0 Å². The van der Waals surface area contributed by atoms with E-state index in [9.17, 15) is 0 Å². The first-order valence-electron chi connectivity index (χ1n) is 4.73. The van der Waals surface area contributed by atoms with Gasteiger partial charge in [-0.3, -0.25) is 4.40 Å². The van der Waals surface area contributed by atoms with E-state index in [1.54, 1.807) is 6.20 Å². The molecule has 0 saturated carbocycles. The fourth-order valence-corrected chi connectivity index (χ4v) is 1.53. The molecule has 2 aromatic rings. The molecule has 0 bridgehead atoms. The molecule has 1 saturated heterocycles. The predicted molar refractivity (Wildman–Crippen MR) is 52.5 cm³/mol. The van der Waals surface area contributed by atoms with E-state index in [1.165, 1.54) is 0 Å². The largest absolute Gasteiger partial charge is 0.473 e. The number of hydrogen-bond acceptors (Lipinski definition) is 3. The predicted octanol–water partition coefficient (Wildman–Crippen LogP) is 0.685. The molecule has 0 amide bonds. The Kier molecular flexibility index (Phi) is 1.67. The van der Waals surface area contributed by atoms with Gasteiger partial charge in [0.25, 0.3) is 0 Å². The number of rotatable bonds is 2. The highest BCUT2D eigenvalue weighted by molar-refractivity contribution is 5.41. The molecule has 1 N–H and O–H groups in total. The Labute approximate surface area is 81.5 Å². The van der Waals surface area contributed by atoms with Gasteiger partial charge in [-0.05, 0) is 12.1 Å². The third-order valence-corrected chi connectivity index (χ3v) is 2.42. The Hall–Kier alpha value is -1.55.